The van der Waals surface area contributed by atoms with Gasteiger partial charge in [0.05, 0.1) is 27.5 Å². The lowest BCUT2D eigenvalue weighted by Gasteiger charge is -2.07. The Morgan fingerprint density at radius 1 is 1.00 bits per heavy atom. The van der Waals surface area contributed by atoms with Crippen molar-refractivity contribution in [1.29, 1.82) is 0 Å². The summed E-state index contributed by atoms with van der Waals surface area (Å²) in [6, 6.07) is 19.3. The van der Waals surface area contributed by atoms with E-state index in [0.29, 0.717) is 21.8 Å². The zero-order valence-electron chi connectivity index (χ0n) is 15.0. The van der Waals surface area contributed by atoms with Gasteiger partial charge >= 0.3 is 0 Å². The van der Waals surface area contributed by atoms with Crippen LogP contribution in [0.2, 0.25) is 5.02 Å². The van der Waals surface area contributed by atoms with Gasteiger partial charge in [-0.3, -0.25) is 9.59 Å². The van der Waals surface area contributed by atoms with E-state index in [4.69, 9.17) is 17.3 Å². The average Bonchev–Trinajstić information content (AvgIpc) is 3.01. The van der Waals surface area contributed by atoms with Crippen LogP contribution in [0.25, 0.3) is 5.52 Å². The molecule has 2 aromatic carbocycles. The molecular weight excluding hydrogens is 454 g/mol. The van der Waals surface area contributed by atoms with Crippen molar-refractivity contribution in [2.75, 3.05) is 11.1 Å². The predicted octanol–water partition coefficient (Wildman–Crippen LogP) is 5.42. The number of amides is 1. The molecule has 1 amide bonds. The monoisotopic (exact) mass is 467 g/mol. The fourth-order valence-corrected chi connectivity index (χ4v) is 3.79. The average molecular weight is 469 g/mol. The quantitative estimate of drug-likeness (QED) is 0.393. The summed E-state index contributed by atoms with van der Waals surface area (Å²) in [7, 11) is 0. The fraction of sp³-hybridized carbons (Fsp3) is 0. The van der Waals surface area contributed by atoms with Gasteiger partial charge in [-0.05, 0) is 36.4 Å². The third-order valence-corrected chi connectivity index (χ3v) is 5.36. The highest BCUT2D eigenvalue weighted by atomic mass is 79.9. The Morgan fingerprint density at radius 3 is 2.52 bits per heavy atom. The number of nitrogens with one attached hydrogen (secondary N) is 1. The van der Waals surface area contributed by atoms with Crippen LogP contribution >= 0.6 is 27.5 Å². The van der Waals surface area contributed by atoms with Gasteiger partial charge in [-0.2, -0.15) is 0 Å². The SMILES string of the molecule is Nc1c(C(=O)Nc2ccccc2Cl)c2ccccn2c1C(=O)c1cccc(Br)c1. The van der Waals surface area contributed by atoms with E-state index in [1.165, 1.54) is 0 Å². The summed E-state index contributed by atoms with van der Waals surface area (Å²) in [5, 5.41) is 3.19. The summed E-state index contributed by atoms with van der Waals surface area (Å²) >= 11 is 9.53. The molecule has 2 heterocycles. The van der Waals surface area contributed by atoms with E-state index < -0.39 is 5.91 Å². The molecular formula is C22H15BrClN3O2. The topological polar surface area (TPSA) is 76.6 Å². The highest BCUT2D eigenvalue weighted by molar-refractivity contribution is 9.10. The lowest BCUT2D eigenvalue weighted by Crippen LogP contribution is -2.14. The van der Waals surface area contributed by atoms with Gasteiger partial charge in [0, 0.05) is 16.2 Å². The van der Waals surface area contributed by atoms with Crippen molar-refractivity contribution in [3.8, 4) is 0 Å². The number of carbonyl (C=O) groups is 2. The minimum Gasteiger partial charge on any atom is -0.396 e. The molecule has 29 heavy (non-hydrogen) atoms. The third kappa shape index (κ3) is 3.52. The van der Waals surface area contributed by atoms with Gasteiger partial charge in [-0.15, -0.1) is 0 Å². The zero-order chi connectivity index (χ0) is 20.5. The smallest absolute Gasteiger partial charge is 0.260 e. The number of rotatable bonds is 4. The van der Waals surface area contributed by atoms with Crippen LogP contribution in [0.1, 0.15) is 26.4 Å². The maximum Gasteiger partial charge on any atom is 0.260 e. The minimum atomic E-state index is -0.437. The molecule has 4 aromatic rings. The van der Waals surface area contributed by atoms with Crippen LogP contribution < -0.4 is 11.1 Å². The summed E-state index contributed by atoms with van der Waals surface area (Å²) in [5.41, 5.74) is 8.39. The van der Waals surface area contributed by atoms with Crippen LogP contribution in [-0.4, -0.2) is 16.1 Å². The summed E-state index contributed by atoms with van der Waals surface area (Å²) in [5.74, 6) is -0.714. The van der Waals surface area contributed by atoms with Gasteiger partial charge in [-0.1, -0.05) is 57.9 Å². The van der Waals surface area contributed by atoms with E-state index in [1.54, 1.807) is 71.3 Å². The minimum absolute atomic E-state index is 0.116. The van der Waals surface area contributed by atoms with Crippen molar-refractivity contribution in [2.24, 2.45) is 0 Å². The first-order valence-corrected chi connectivity index (χ1v) is 9.89. The Hall–Kier alpha value is -3.09. The van der Waals surface area contributed by atoms with Crippen molar-refractivity contribution < 1.29 is 9.59 Å². The van der Waals surface area contributed by atoms with Crippen LogP contribution in [0.3, 0.4) is 0 Å². The molecule has 5 nitrogen and oxygen atoms in total. The molecule has 0 atom stereocenters. The first-order valence-electron chi connectivity index (χ1n) is 8.72. The van der Waals surface area contributed by atoms with Crippen LogP contribution in [0, 0.1) is 0 Å². The maximum atomic E-state index is 13.2. The number of nitrogens with zero attached hydrogens (tertiary/aromatic N) is 1. The van der Waals surface area contributed by atoms with Crippen molar-refractivity contribution in [3.05, 3.63) is 99.2 Å². The molecule has 0 aliphatic heterocycles. The maximum absolute atomic E-state index is 13.2. The summed E-state index contributed by atoms with van der Waals surface area (Å²) in [6.07, 6.45) is 1.71. The number of pyridine rings is 1. The number of aromatic nitrogens is 1. The molecule has 3 N–H and O–H groups in total. The Morgan fingerprint density at radius 2 is 1.76 bits per heavy atom. The number of para-hydroxylation sites is 1. The molecule has 0 aliphatic carbocycles. The van der Waals surface area contributed by atoms with Gasteiger partial charge < -0.3 is 15.5 Å². The molecule has 0 aliphatic rings. The molecule has 0 saturated carbocycles. The summed E-state index contributed by atoms with van der Waals surface area (Å²) in [6.45, 7) is 0. The first-order chi connectivity index (χ1) is 14.0. The fourth-order valence-electron chi connectivity index (χ4n) is 3.21. The molecule has 4 rings (SSSR count). The zero-order valence-corrected chi connectivity index (χ0v) is 17.4. The Balaban J connectivity index is 1.84. The van der Waals surface area contributed by atoms with E-state index in [2.05, 4.69) is 21.2 Å². The van der Waals surface area contributed by atoms with Crippen molar-refractivity contribution in [2.45, 2.75) is 0 Å². The molecule has 2 aromatic heterocycles. The number of carbonyl (C=O) groups excluding carboxylic acids is 2. The lowest BCUT2D eigenvalue weighted by atomic mass is 10.1. The molecule has 0 saturated heterocycles. The van der Waals surface area contributed by atoms with Gasteiger partial charge in [-0.25, -0.2) is 0 Å². The van der Waals surface area contributed by atoms with E-state index >= 15 is 0 Å². The largest absolute Gasteiger partial charge is 0.396 e. The molecule has 0 fully saturated rings. The number of halogens is 2. The number of anilines is 2. The number of ketones is 1. The van der Waals surface area contributed by atoms with Crippen LogP contribution in [0.4, 0.5) is 11.4 Å². The number of fused-ring (bicyclic) bond motifs is 1. The summed E-state index contributed by atoms with van der Waals surface area (Å²) in [4.78, 5) is 26.3. The van der Waals surface area contributed by atoms with Gasteiger partial charge in [0.25, 0.3) is 5.91 Å². The van der Waals surface area contributed by atoms with Crippen LogP contribution in [0.15, 0.2) is 77.4 Å². The normalized spacial score (nSPS) is 10.8. The van der Waals surface area contributed by atoms with Crippen molar-refractivity contribution >= 4 is 56.1 Å². The molecule has 0 unspecified atom stereocenters. The second kappa shape index (κ2) is 7.73. The number of nitrogen functional groups attached to an aromatic ring is 1. The van der Waals surface area contributed by atoms with Gasteiger partial charge in [0.15, 0.2) is 0 Å². The highest BCUT2D eigenvalue weighted by Gasteiger charge is 2.26. The Bertz CT molecular complexity index is 1270. The Kier molecular flexibility index (Phi) is 5.13. The number of benzene rings is 2. The standard InChI is InChI=1S/C22H15BrClN3O2/c23-14-7-5-6-13(12-14)21(28)20-19(25)18(17-10-3-4-11-27(17)20)22(29)26-16-9-2-1-8-15(16)24/h1-12H,25H2,(H,26,29). The van der Waals surface area contributed by atoms with Crippen LogP contribution in [-0.2, 0) is 0 Å². The van der Waals surface area contributed by atoms with Gasteiger partial charge in [0.1, 0.15) is 5.69 Å². The summed E-state index contributed by atoms with van der Waals surface area (Å²) < 4.78 is 2.42. The van der Waals surface area contributed by atoms with E-state index in [0.717, 1.165) is 4.47 Å². The lowest BCUT2D eigenvalue weighted by molar-refractivity contribution is 0.102. The first kappa shape index (κ1) is 19.2. The Labute approximate surface area is 180 Å². The molecule has 0 radical (unpaired) electrons. The van der Waals surface area contributed by atoms with Crippen LogP contribution in [0.5, 0.6) is 0 Å². The van der Waals surface area contributed by atoms with E-state index in [-0.39, 0.29) is 22.7 Å². The van der Waals surface area contributed by atoms with Crippen molar-refractivity contribution in [3.63, 3.8) is 0 Å². The van der Waals surface area contributed by atoms with Crippen molar-refractivity contribution in [1.82, 2.24) is 4.40 Å². The van der Waals surface area contributed by atoms with Gasteiger partial charge in [0.2, 0.25) is 5.78 Å². The van der Waals surface area contributed by atoms with E-state index in [9.17, 15) is 9.59 Å². The number of nitrogens with two attached hydrogens (primary N) is 1. The van der Waals surface area contributed by atoms with E-state index in [1.807, 2.05) is 6.07 Å². The highest BCUT2D eigenvalue weighted by Crippen LogP contribution is 2.30. The molecule has 0 bridgehead atoms. The molecule has 0 spiro atoms. The molecule has 144 valence electrons. The molecule has 7 heteroatoms. The second-order valence-electron chi connectivity index (χ2n) is 6.37. The third-order valence-electron chi connectivity index (χ3n) is 4.53. The predicted molar refractivity (Wildman–Crippen MR) is 119 cm³/mol. The number of hydrogen-bond donors (Lipinski definition) is 2. The second-order valence-corrected chi connectivity index (χ2v) is 7.69. The number of hydrogen-bond acceptors (Lipinski definition) is 3.